The van der Waals surface area contributed by atoms with Gasteiger partial charge in [0.25, 0.3) is 11.8 Å². The molecular formula is C42H43F3N4O6. The number of likely N-dealkylation sites (N-methyl/N-ethyl adjacent to an activating group) is 2. The summed E-state index contributed by atoms with van der Waals surface area (Å²) in [5.41, 5.74) is -0.690. The minimum atomic E-state index is -4.52. The third-order valence-corrected chi connectivity index (χ3v) is 9.42. The monoisotopic (exact) mass is 756 g/mol. The number of carbonyl (C=O) groups is 5. The fourth-order valence-electron chi connectivity index (χ4n) is 6.55. The lowest BCUT2D eigenvalue weighted by Crippen LogP contribution is -2.57. The van der Waals surface area contributed by atoms with Crippen molar-refractivity contribution >= 4 is 35.3 Å². The molecule has 288 valence electrons. The van der Waals surface area contributed by atoms with Crippen LogP contribution in [0.2, 0.25) is 0 Å². The van der Waals surface area contributed by atoms with E-state index in [0.717, 1.165) is 31.4 Å². The molecule has 1 fully saturated rings. The fraction of sp³-hybridized carbons (Fsp3) is 0.310. The van der Waals surface area contributed by atoms with Crippen LogP contribution in [0.1, 0.15) is 70.5 Å². The van der Waals surface area contributed by atoms with E-state index in [1.807, 2.05) is 0 Å². The Bertz CT molecular complexity index is 1990. The van der Waals surface area contributed by atoms with Crippen LogP contribution >= 0.6 is 0 Å². The molecule has 10 nitrogen and oxygen atoms in total. The van der Waals surface area contributed by atoms with E-state index >= 15 is 0 Å². The summed E-state index contributed by atoms with van der Waals surface area (Å²) in [6.45, 7) is 4.33. The van der Waals surface area contributed by atoms with Crippen LogP contribution in [0.15, 0.2) is 97.1 Å². The first kappa shape index (κ1) is 40.2. The summed E-state index contributed by atoms with van der Waals surface area (Å²) in [6.07, 6.45) is -2.25. The number of benzene rings is 4. The molecule has 55 heavy (non-hydrogen) atoms. The number of hydrogen-bond donors (Lipinski definition) is 3. The van der Waals surface area contributed by atoms with Crippen LogP contribution in [0.4, 0.5) is 18.9 Å². The maximum absolute atomic E-state index is 13.9. The summed E-state index contributed by atoms with van der Waals surface area (Å²) >= 11 is 0. The molecular weight excluding hydrogens is 713 g/mol. The van der Waals surface area contributed by atoms with Crippen molar-refractivity contribution in [1.29, 1.82) is 0 Å². The number of carbonyl (C=O) groups excluding carboxylic acids is 5. The first-order valence-electron chi connectivity index (χ1n) is 18.2. The molecule has 0 aliphatic carbocycles. The van der Waals surface area contributed by atoms with Crippen LogP contribution in [0, 0.1) is 0 Å². The van der Waals surface area contributed by atoms with Gasteiger partial charge >= 0.3 is 12.1 Å². The summed E-state index contributed by atoms with van der Waals surface area (Å²) in [5, 5.41) is 8.20. The summed E-state index contributed by atoms with van der Waals surface area (Å²) in [6, 6.07) is 23.8. The Balaban J connectivity index is 1.42. The van der Waals surface area contributed by atoms with Gasteiger partial charge in [0, 0.05) is 31.7 Å². The van der Waals surface area contributed by atoms with E-state index in [1.165, 1.54) is 30.3 Å². The zero-order valence-corrected chi connectivity index (χ0v) is 30.6. The lowest BCUT2D eigenvalue weighted by Gasteiger charge is -2.31. The second kappa shape index (κ2) is 17.9. The molecule has 0 aromatic heterocycles. The van der Waals surface area contributed by atoms with E-state index in [0.29, 0.717) is 35.3 Å². The lowest BCUT2D eigenvalue weighted by molar-refractivity contribution is -0.150. The van der Waals surface area contributed by atoms with Crippen LogP contribution in [0.5, 0.6) is 0 Å². The number of amides is 4. The number of anilines is 1. The van der Waals surface area contributed by atoms with Gasteiger partial charge in [-0.2, -0.15) is 13.2 Å². The minimum Gasteiger partial charge on any atom is -0.463 e. The molecule has 1 saturated heterocycles. The molecule has 0 atom stereocenters. The standard InChI is InChI=1S/C42H43F3N4O6/c1-3-46-39(53)41(40(54)47-4-2,30-13-7-5-8-14-30)27-55-36(50)26-28-17-22-35(34(25-28)38(52)49-23-11-6-12-24-49)48-37(51)33-16-10-9-15-32(33)29-18-20-31(21-19-29)42(43,44)45/h5,7-10,13-22,25H,3-4,6,11-12,23-24,26-27H2,1-2H3,(H,46,53)(H,47,54)(H,48,51). The summed E-state index contributed by atoms with van der Waals surface area (Å²) in [7, 11) is 0. The molecule has 0 spiro atoms. The summed E-state index contributed by atoms with van der Waals surface area (Å²) < 4.78 is 45.3. The van der Waals surface area contributed by atoms with Crippen LogP contribution in [0.3, 0.4) is 0 Å². The smallest absolute Gasteiger partial charge is 0.416 e. The highest BCUT2D eigenvalue weighted by Gasteiger charge is 2.48. The summed E-state index contributed by atoms with van der Waals surface area (Å²) in [4.78, 5) is 69.9. The van der Waals surface area contributed by atoms with Crippen molar-refractivity contribution in [2.45, 2.75) is 51.1 Å². The van der Waals surface area contributed by atoms with E-state index in [1.54, 1.807) is 73.3 Å². The van der Waals surface area contributed by atoms with Crippen molar-refractivity contribution in [3.8, 4) is 11.1 Å². The molecule has 0 bridgehead atoms. The Morgan fingerprint density at radius 2 is 1.33 bits per heavy atom. The van der Waals surface area contributed by atoms with Crippen molar-refractivity contribution in [2.75, 3.05) is 38.1 Å². The number of hydrogen-bond acceptors (Lipinski definition) is 6. The Labute approximate surface area is 317 Å². The highest BCUT2D eigenvalue weighted by Crippen LogP contribution is 2.33. The highest BCUT2D eigenvalue weighted by molar-refractivity contribution is 6.12. The normalized spacial score (nSPS) is 13.1. The van der Waals surface area contributed by atoms with E-state index in [-0.39, 0.29) is 42.2 Å². The number of halogens is 3. The van der Waals surface area contributed by atoms with Crippen molar-refractivity contribution < 1.29 is 41.9 Å². The second-order valence-electron chi connectivity index (χ2n) is 13.1. The van der Waals surface area contributed by atoms with Gasteiger partial charge in [0.05, 0.1) is 23.2 Å². The molecule has 4 aromatic carbocycles. The molecule has 3 N–H and O–H groups in total. The van der Waals surface area contributed by atoms with Gasteiger partial charge in [-0.15, -0.1) is 0 Å². The molecule has 1 heterocycles. The van der Waals surface area contributed by atoms with Gasteiger partial charge in [-0.05, 0) is 85.7 Å². The topological polar surface area (TPSA) is 134 Å². The molecule has 0 radical (unpaired) electrons. The maximum Gasteiger partial charge on any atom is 0.416 e. The SMILES string of the molecule is CCNC(=O)C(COC(=O)Cc1ccc(NC(=O)c2ccccc2-c2ccc(C(F)(F)F)cc2)c(C(=O)N2CCCCC2)c1)(C(=O)NCC)c1ccccc1. The van der Waals surface area contributed by atoms with Gasteiger partial charge in [-0.1, -0.05) is 66.7 Å². The molecule has 0 saturated carbocycles. The van der Waals surface area contributed by atoms with Crippen molar-refractivity contribution in [3.63, 3.8) is 0 Å². The van der Waals surface area contributed by atoms with E-state index in [4.69, 9.17) is 4.74 Å². The zero-order valence-electron chi connectivity index (χ0n) is 30.6. The maximum atomic E-state index is 13.9. The average molecular weight is 757 g/mol. The first-order chi connectivity index (χ1) is 26.4. The van der Waals surface area contributed by atoms with Crippen LogP contribution in [0.25, 0.3) is 11.1 Å². The highest BCUT2D eigenvalue weighted by atomic mass is 19.4. The van der Waals surface area contributed by atoms with E-state index in [9.17, 15) is 37.1 Å². The van der Waals surface area contributed by atoms with E-state index in [2.05, 4.69) is 16.0 Å². The van der Waals surface area contributed by atoms with Gasteiger partial charge in [-0.25, -0.2) is 0 Å². The largest absolute Gasteiger partial charge is 0.463 e. The van der Waals surface area contributed by atoms with Crippen LogP contribution in [-0.2, 0) is 37.1 Å². The van der Waals surface area contributed by atoms with Gasteiger partial charge in [0.15, 0.2) is 5.41 Å². The number of ether oxygens (including phenoxy) is 1. The molecule has 4 aromatic rings. The molecule has 0 unspecified atom stereocenters. The van der Waals surface area contributed by atoms with E-state index < -0.39 is 47.5 Å². The van der Waals surface area contributed by atoms with Gasteiger partial charge in [0.2, 0.25) is 11.8 Å². The molecule has 5 rings (SSSR count). The summed E-state index contributed by atoms with van der Waals surface area (Å²) in [5.74, 6) is -2.96. The fourth-order valence-corrected chi connectivity index (χ4v) is 6.55. The minimum absolute atomic E-state index is 0.135. The molecule has 1 aliphatic heterocycles. The van der Waals surface area contributed by atoms with Crippen molar-refractivity contribution in [3.05, 3.63) is 125 Å². The zero-order chi connectivity index (χ0) is 39.6. The van der Waals surface area contributed by atoms with Gasteiger partial charge in [-0.3, -0.25) is 24.0 Å². The lowest BCUT2D eigenvalue weighted by atomic mass is 9.79. The van der Waals surface area contributed by atoms with Gasteiger partial charge < -0.3 is 25.6 Å². The van der Waals surface area contributed by atoms with Gasteiger partial charge in [0.1, 0.15) is 6.61 Å². The third kappa shape index (κ3) is 9.40. The second-order valence-corrected chi connectivity index (χ2v) is 13.1. The number of alkyl halides is 3. The van der Waals surface area contributed by atoms with Crippen molar-refractivity contribution in [1.82, 2.24) is 15.5 Å². The number of likely N-dealkylation sites (tertiary alicyclic amines) is 1. The number of piperidine rings is 1. The number of rotatable bonds is 13. The number of nitrogens with zero attached hydrogens (tertiary/aromatic N) is 1. The quantitative estimate of drug-likeness (QED) is 0.105. The predicted octanol–water partition coefficient (Wildman–Crippen LogP) is 6.55. The Kier molecular flexibility index (Phi) is 13.1. The third-order valence-electron chi connectivity index (χ3n) is 9.42. The Morgan fingerprint density at radius 3 is 1.95 bits per heavy atom. The number of nitrogens with one attached hydrogen (secondary N) is 3. The Hall–Kier alpha value is -5.98. The van der Waals surface area contributed by atoms with Crippen LogP contribution < -0.4 is 16.0 Å². The molecule has 4 amide bonds. The predicted molar refractivity (Wildman–Crippen MR) is 201 cm³/mol. The van der Waals surface area contributed by atoms with Crippen molar-refractivity contribution in [2.24, 2.45) is 0 Å². The van der Waals surface area contributed by atoms with Crippen LogP contribution in [-0.4, -0.2) is 67.3 Å². The average Bonchev–Trinajstić information content (AvgIpc) is 3.19. The first-order valence-corrected chi connectivity index (χ1v) is 18.2. The molecule has 13 heteroatoms. The Morgan fingerprint density at radius 1 is 0.709 bits per heavy atom. The molecule has 1 aliphatic rings. The number of esters is 1.